The van der Waals surface area contributed by atoms with Crippen molar-refractivity contribution in [1.29, 1.82) is 0 Å². The predicted molar refractivity (Wildman–Crippen MR) is 185 cm³/mol. The Morgan fingerprint density at radius 3 is 2.00 bits per heavy atom. The molecule has 0 heterocycles. The number of hydrogen-bond donors (Lipinski definition) is 8. The summed E-state index contributed by atoms with van der Waals surface area (Å²) in [6, 6.07) is 24.3. The molecular weight excluding hydrogens is 612 g/mol. The highest BCUT2D eigenvalue weighted by molar-refractivity contribution is 5.97. The number of carbonyl (C=O) groups is 4. The summed E-state index contributed by atoms with van der Waals surface area (Å²) in [7, 11) is 0. The molecule has 0 saturated carbocycles. The maximum atomic E-state index is 13.8. The van der Waals surface area contributed by atoms with E-state index >= 15 is 0 Å². The smallest absolute Gasteiger partial charge is 0.242 e. The fourth-order valence-electron chi connectivity index (χ4n) is 4.81. The molecule has 3 aromatic carbocycles. The number of nitrogens with zero attached hydrogens (tertiary/aromatic N) is 1. The van der Waals surface area contributed by atoms with Crippen molar-refractivity contribution in [2.75, 3.05) is 32.7 Å². The van der Waals surface area contributed by atoms with Crippen LogP contribution in [0.5, 0.6) is 5.75 Å². The number of phenols is 1. The van der Waals surface area contributed by atoms with E-state index in [1.165, 1.54) is 12.1 Å². The molecule has 0 aliphatic heterocycles. The predicted octanol–water partition coefficient (Wildman–Crippen LogP) is 0.981. The summed E-state index contributed by atoms with van der Waals surface area (Å²) in [5.41, 5.74) is 13.6. The second-order valence-corrected chi connectivity index (χ2v) is 11.0. The largest absolute Gasteiger partial charge is 0.508 e. The molecule has 1 atom stereocenters. The number of nitrogens with one attached hydrogen (secondary N) is 5. The van der Waals surface area contributed by atoms with Gasteiger partial charge in [0.25, 0.3) is 0 Å². The van der Waals surface area contributed by atoms with Crippen molar-refractivity contribution in [2.45, 2.75) is 44.2 Å². The Morgan fingerprint density at radius 1 is 0.750 bits per heavy atom. The lowest BCUT2D eigenvalue weighted by atomic mass is 9.90. The zero-order valence-electron chi connectivity index (χ0n) is 27.0. The SMILES string of the molecule is NCCNCCNC(=O)CCC(=O)NC(N)=NCCC[C@@H](NC(=O)C(c1ccccc1)c1ccccc1)C(=O)NCc1ccc(O)cc1. The van der Waals surface area contributed by atoms with Crippen LogP contribution >= 0.6 is 0 Å². The summed E-state index contributed by atoms with van der Waals surface area (Å²) >= 11 is 0. The monoisotopic (exact) mass is 658 g/mol. The van der Waals surface area contributed by atoms with E-state index in [1.807, 2.05) is 60.7 Å². The highest BCUT2D eigenvalue weighted by atomic mass is 16.3. The Labute approximate surface area is 281 Å². The highest BCUT2D eigenvalue weighted by Crippen LogP contribution is 2.25. The van der Waals surface area contributed by atoms with Crippen molar-refractivity contribution < 1.29 is 24.3 Å². The second kappa shape index (κ2) is 20.8. The minimum atomic E-state index is -0.889. The van der Waals surface area contributed by atoms with Gasteiger partial charge in [-0.05, 0) is 41.7 Å². The van der Waals surface area contributed by atoms with Gasteiger partial charge < -0.3 is 37.8 Å². The molecule has 0 aliphatic carbocycles. The first-order valence-electron chi connectivity index (χ1n) is 16.0. The zero-order valence-corrected chi connectivity index (χ0v) is 27.0. The Morgan fingerprint density at radius 2 is 1.38 bits per heavy atom. The summed E-state index contributed by atoms with van der Waals surface area (Å²) in [6.45, 7) is 2.56. The number of benzene rings is 3. The number of aromatic hydroxyl groups is 1. The second-order valence-electron chi connectivity index (χ2n) is 11.0. The molecule has 13 nitrogen and oxygen atoms in total. The number of phenolic OH excluding ortho intramolecular Hbond substituents is 1. The Balaban J connectivity index is 1.58. The van der Waals surface area contributed by atoms with Crippen LogP contribution in [-0.2, 0) is 25.7 Å². The van der Waals surface area contributed by atoms with Crippen molar-refractivity contribution in [2.24, 2.45) is 16.5 Å². The van der Waals surface area contributed by atoms with E-state index in [9.17, 15) is 24.3 Å². The van der Waals surface area contributed by atoms with Crippen LogP contribution in [0, 0.1) is 0 Å². The number of carbonyl (C=O) groups excluding carboxylic acids is 4. The van der Waals surface area contributed by atoms with Gasteiger partial charge in [-0.1, -0.05) is 72.8 Å². The number of guanidine groups is 1. The lowest BCUT2D eigenvalue weighted by Gasteiger charge is -2.23. The number of hydrogen-bond acceptors (Lipinski definition) is 8. The van der Waals surface area contributed by atoms with Gasteiger partial charge in [-0.2, -0.15) is 0 Å². The molecule has 10 N–H and O–H groups in total. The molecule has 0 fully saturated rings. The van der Waals surface area contributed by atoms with Crippen molar-refractivity contribution >= 4 is 29.6 Å². The third-order valence-corrected chi connectivity index (χ3v) is 7.29. The van der Waals surface area contributed by atoms with E-state index in [0.717, 1.165) is 16.7 Å². The molecular formula is C35H46N8O5. The molecule has 3 aromatic rings. The summed E-state index contributed by atoms with van der Waals surface area (Å²) < 4.78 is 0. The maximum absolute atomic E-state index is 13.8. The Bertz CT molecular complexity index is 1430. The summed E-state index contributed by atoms with van der Waals surface area (Å²) in [5.74, 6) is -2.03. The molecule has 0 saturated heterocycles. The Kier molecular flexibility index (Phi) is 16.1. The van der Waals surface area contributed by atoms with Crippen LogP contribution in [0.3, 0.4) is 0 Å². The molecule has 0 spiro atoms. The van der Waals surface area contributed by atoms with Gasteiger partial charge in [-0.25, -0.2) is 0 Å². The van der Waals surface area contributed by atoms with E-state index in [1.54, 1.807) is 12.1 Å². The van der Waals surface area contributed by atoms with Crippen LogP contribution < -0.4 is 38.1 Å². The summed E-state index contributed by atoms with van der Waals surface area (Å²) in [4.78, 5) is 55.5. The molecule has 0 aromatic heterocycles. The van der Waals surface area contributed by atoms with Crippen molar-refractivity contribution in [3.63, 3.8) is 0 Å². The van der Waals surface area contributed by atoms with E-state index in [4.69, 9.17) is 11.5 Å². The minimum absolute atomic E-state index is 0.00356. The van der Waals surface area contributed by atoms with E-state index in [-0.39, 0.29) is 61.8 Å². The zero-order chi connectivity index (χ0) is 34.6. The van der Waals surface area contributed by atoms with Crippen LogP contribution in [0.2, 0.25) is 0 Å². The molecule has 0 bridgehead atoms. The standard InChI is InChI=1S/C35H46N8O5/c36-19-21-38-22-23-39-30(45)17-18-31(46)43-35(37)40-20-7-12-29(33(47)41-24-25-13-15-28(44)16-14-25)42-34(48)32(26-8-3-1-4-9-26)27-10-5-2-6-11-27/h1-6,8-11,13-16,29,32,38,44H,7,12,17-24,36H2,(H,39,45)(H,41,47)(H,42,48)(H3,37,40,43,46)/t29-/m1/s1. The van der Waals surface area contributed by atoms with E-state index < -0.39 is 17.9 Å². The van der Waals surface area contributed by atoms with Crippen LogP contribution in [0.1, 0.15) is 48.3 Å². The fraction of sp³-hybridized carbons (Fsp3) is 0.343. The van der Waals surface area contributed by atoms with Crippen molar-refractivity contribution in [3.05, 3.63) is 102 Å². The first kappa shape index (κ1) is 37.2. The van der Waals surface area contributed by atoms with Crippen LogP contribution in [-0.4, -0.2) is 73.5 Å². The molecule has 0 unspecified atom stereocenters. The first-order valence-corrected chi connectivity index (χ1v) is 16.0. The molecule has 0 aliphatic rings. The van der Waals surface area contributed by atoms with Crippen molar-refractivity contribution in [1.82, 2.24) is 26.6 Å². The fourth-order valence-corrected chi connectivity index (χ4v) is 4.81. The average Bonchev–Trinajstić information content (AvgIpc) is 3.09. The van der Waals surface area contributed by atoms with E-state index in [0.29, 0.717) is 32.6 Å². The molecule has 3 rings (SSSR count). The number of rotatable bonds is 19. The number of amides is 4. The van der Waals surface area contributed by atoms with Crippen LogP contribution in [0.15, 0.2) is 89.9 Å². The minimum Gasteiger partial charge on any atom is -0.508 e. The van der Waals surface area contributed by atoms with Gasteiger partial charge in [-0.3, -0.25) is 29.5 Å². The third kappa shape index (κ3) is 13.6. The topological polar surface area (TPSA) is 213 Å². The molecule has 4 amide bonds. The van der Waals surface area contributed by atoms with Gasteiger partial charge in [0.05, 0.1) is 5.92 Å². The van der Waals surface area contributed by atoms with Gasteiger partial charge in [0.1, 0.15) is 11.8 Å². The highest BCUT2D eigenvalue weighted by Gasteiger charge is 2.27. The molecule has 256 valence electrons. The van der Waals surface area contributed by atoms with Crippen LogP contribution in [0.4, 0.5) is 0 Å². The normalized spacial score (nSPS) is 11.8. The van der Waals surface area contributed by atoms with Gasteiger partial charge in [0.2, 0.25) is 23.6 Å². The number of nitrogens with two attached hydrogens (primary N) is 2. The summed E-state index contributed by atoms with van der Waals surface area (Å²) in [6.07, 6.45) is 0.561. The van der Waals surface area contributed by atoms with Gasteiger partial charge in [0.15, 0.2) is 5.96 Å². The molecule has 13 heteroatoms. The quantitative estimate of drug-likeness (QED) is 0.0527. The maximum Gasteiger partial charge on any atom is 0.242 e. The van der Waals surface area contributed by atoms with Gasteiger partial charge in [-0.15, -0.1) is 0 Å². The molecule has 48 heavy (non-hydrogen) atoms. The third-order valence-electron chi connectivity index (χ3n) is 7.29. The Hall–Kier alpha value is -5.27. The van der Waals surface area contributed by atoms with Crippen LogP contribution in [0.25, 0.3) is 0 Å². The summed E-state index contributed by atoms with van der Waals surface area (Å²) in [5, 5.41) is 23.6. The van der Waals surface area contributed by atoms with Gasteiger partial charge >= 0.3 is 0 Å². The lowest BCUT2D eigenvalue weighted by Crippen LogP contribution is -2.48. The average molecular weight is 659 g/mol. The first-order chi connectivity index (χ1) is 23.3. The lowest BCUT2D eigenvalue weighted by molar-refractivity contribution is -0.129. The van der Waals surface area contributed by atoms with Crippen molar-refractivity contribution in [3.8, 4) is 5.75 Å². The van der Waals surface area contributed by atoms with Gasteiger partial charge in [0, 0.05) is 52.1 Å². The number of aliphatic imine (C=N–C) groups is 1. The molecule has 0 radical (unpaired) electrons. The van der Waals surface area contributed by atoms with E-state index in [2.05, 4.69) is 31.6 Å².